The van der Waals surface area contributed by atoms with E-state index in [4.69, 9.17) is 23.8 Å². The van der Waals surface area contributed by atoms with Crippen LogP contribution in [0.5, 0.6) is 0 Å². The summed E-state index contributed by atoms with van der Waals surface area (Å²) < 4.78 is 1.57. The van der Waals surface area contributed by atoms with Crippen molar-refractivity contribution < 1.29 is 0 Å². The molecule has 1 aromatic carbocycles. The van der Waals surface area contributed by atoms with E-state index < -0.39 is 0 Å². The fourth-order valence-electron chi connectivity index (χ4n) is 1.12. The number of thiocarbonyl (C=S) groups is 1. The van der Waals surface area contributed by atoms with Crippen LogP contribution in [0.3, 0.4) is 0 Å². The normalized spacial score (nSPS) is 9.93. The Labute approximate surface area is 97.7 Å². The molecule has 15 heavy (non-hydrogen) atoms. The molecular weight excluding hydrogens is 230 g/mol. The molecule has 0 aliphatic carbocycles. The van der Waals surface area contributed by atoms with Crippen LogP contribution in [0, 0.1) is 0 Å². The van der Waals surface area contributed by atoms with Gasteiger partial charge in [-0.1, -0.05) is 23.7 Å². The van der Waals surface area contributed by atoms with Crippen molar-refractivity contribution in [1.82, 2.24) is 9.78 Å². The summed E-state index contributed by atoms with van der Waals surface area (Å²) in [5, 5.41) is 8.15. The fourth-order valence-corrected chi connectivity index (χ4v) is 1.52. The molecule has 5 heteroatoms. The maximum atomic E-state index is 5.98. The molecule has 0 aliphatic heterocycles. The second-order valence-electron chi connectivity index (χ2n) is 2.86. The zero-order valence-corrected chi connectivity index (χ0v) is 9.29. The highest BCUT2D eigenvalue weighted by atomic mass is 35.5. The van der Waals surface area contributed by atoms with Gasteiger partial charge in [0.2, 0.25) is 0 Å². The SMILES string of the molecule is S=C(Nc1ccccc1Cl)n1cccn1. The Morgan fingerprint density at radius 1 is 1.33 bits per heavy atom. The Balaban J connectivity index is 2.17. The van der Waals surface area contributed by atoms with Crippen molar-refractivity contribution in [2.45, 2.75) is 0 Å². The number of rotatable bonds is 1. The number of para-hydroxylation sites is 1. The summed E-state index contributed by atoms with van der Waals surface area (Å²) in [4.78, 5) is 0. The maximum absolute atomic E-state index is 5.98. The van der Waals surface area contributed by atoms with E-state index in [2.05, 4.69) is 10.4 Å². The average molecular weight is 238 g/mol. The van der Waals surface area contributed by atoms with Crippen LogP contribution in [0.4, 0.5) is 5.69 Å². The van der Waals surface area contributed by atoms with E-state index in [-0.39, 0.29) is 0 Å². The lowest BCUT2D eigenvalue weighted by atomic mass is 10.3. The summed E-state index contributed by atoms with van der Waals surface area (Å²) in [5.41, 5.74) is 0.777. The van der Waals surface area contributed by atoms with Crippen molar-refractivity contribution in [2.24, 2.45) is 0 Å². The number of hydrogen-bond donors (Lipinski definition) is 1. The van der Waals surface area contributed by atoms with Crippen LogP contribution in [0.1, 0.15) is 0 Å². The second-order valence-corrected chi connectivity index (χ2v) is 3.65. The molecule has 1 N–H and O–H groups in total. The highest BCUT2D eigenvalue weighted by molar-refractivity contribution is 7.80. The van der Waals surface area contributed by atoms with Crippen molar-refractivity contribution in [3.8, 4) is 0 Å². The van der Waals surface area contributed by atoms with Gasteiger partial charge in [0.25, 0.3) is 0 Å². The molecule has 0 aliphatic rings. The largest absolute Gasteiger partial charge is 0.330 e. The minimum Gasteiger partial charge on any atom is -0.330 e. The van der Waals surface area contributed by atoms with Crippen LogP contribution in [-0.2, 0) is 0 Å². The van der Waals surface area contributed by atoms with E-state index in [1.807, 2.05) is 18.2 Å². The van der Waals surface area contributed by atoms with Crippen molar-refractivity contribution in [2.75, 3.05) is 5.32 Å². The first-order valence-corrected chi connectivity index (χ1v) is 5.11. The predicted molar refractivity (Wildman–Crippen MR) is 65.3 cm³/mol. The Kier molecular flexibility index (Phi) is 2.99. The molecule has 0 amide bonds. The van der Waals surface area contributed by atoms with Gasteiger partial charge in [0.1, 0.15) is 0 Å². The van der Waals surface area contributed by atoms with Crippen molar-refractivity contribution in [1.29, 1.82) is 0 Å². The molecule has 0 saturated heterocycles. The van der Waals surface area contributed by atoms with E-state index in [1.165, 1.54) is 0 Å². The number of benzene rings is 1. The number of aromatic nitrogens is 2. The Bertz CT molecular complexity index is 467. The maximum Gasteiger partial charge on any atom is 0.198 e. The Morgan fingerprint density at radius 3 is 2.80 bits per heavy atom. The third-order valence-corrected chi connectivity index (χ3v) is 2.45. The van der Waals surface area contributed by atoms with Gasteiger partial charge >= 0.3 is 0 Å². The highest BCUT2D eigenvalue weighted by Crippen LogP contribution is 2.20. The quantitative estimate of drug-likeness (QED) is 0.774. The lowest BCUT2D eigenvalue weighted by molar-refractivity contribution is 0.947. The summed E-state index contributed by atoms with van der Waals surface area (Å²) in [5.74, 6) is 0. The van der Waals surface area contributed by atoms with Gasteiger partial charge < -0.3 is 5.32 Å². The van der Waals surface area contributed by atoms with Crippen LogP contribution < -0.4 is 5.32 Å². The fraction of sp³-hybridized carbons (Fsp3) is 0. The molecule has 0 saturated carbocycles. The first kappa shape index (κ1) is 10.1. The highest BCUT2D eigenvalue weighted by Gasteiger charge is 2.02. The Hall–Kier alpha value is -1.39. The monoisotopic (exact) mass is 237 g/mol. The second kappa shape index (κ2) is 4.42. The first-order valence-electron chi connectivity index (χ1n) is 4.33. The van der Waals surface area contributed by atoms with Crippen molar-refractivity contribution in [3.05, 3.63) is 47.7 Å². The molecule has 1 aromatic heterocycles. The van der Waals surface area contributed by atoms with Gasteiger partial charge in [-0.05, 0) is 30.4 Å². The molecule has 2 rings (SSSR count). The molecule has 2 aromatic rings. The predicted octanol–water partition coefficient (Wildman–Crippen LogP) is 2.78. The molecule has 0 radical (unpaired) electrons. The molecule has 0 spiro atoms. The summed E-state index contributed by atoms with van der Waals surface area (Å²) in [7, 11) is 0. The smallest absolute Gasteiger partial charge is 0.198 e. The third kappa shape index (κ3) is 2.34. The van der Waals surface area contributed by atoms with Gasteiger partial charge in [0.15, 0.2) is 5.11 Å². The number of nitrogens with one attached hydrogen (secondary N) is 1. The van der Waals surface area contributed by atoms with Crippen molar-refractivity contribution >= 4 is 34.6 Å². The van der Waals surface area contributed by atoms with E-state index in [1.54, 1.807) is 29.2 Å². The topological polar surface area (TPSA) is 29.9 Å². The summed E-state index contributed by atoms with van der Waals surface area (Å²) in [6, 6.07) is 9.22. The number of anilines is 1. The molecule has 76 valence electrons. The third-order valence-electron chi connectivity index (χ3n) is 1.83. The lowest BCUT2D eigenvalue weighted by Gasteiger charge is -2.08. The zero-order valence-electron chi connectivity index (χ0n) is 7.72. The Morgan fingerprint density at radius 2 is 2.13 bits per heavy atom. The van der Waals surface area contributed by atoms with Gasteiger partial charge in [-0.15, -0.1) is 0 Å². The molecule has 0 fully saturated rings. The number of halogens is 1. The van der Waals surface area contributed by atoms with Gasteiger partial charge in [0, 0.05) is 12.4 Å². The standard InChI is InChI=1S/C10H8ClN3S/c11-8-4-1-2-5-9(8)13-10(15)14-7-3-6-12-14/h1-7H,(H,13,15). The van der Waals surface area contributed by atoms with E-state index in [0.29, 0.717) is 10.1 Å². The van der Waals surface area contributed by atoms with E-state index in [0.717, 1.165) is 5.69 Å². The van der Waals surface area contributed by atoms with Gasteiger partial charge in [-0.25, -0.2) is 4.68 Å². The summed E-state index contributed by atoms with van der Waals surface area (Å²) >= 11 is 11.1. The number of nitrogens with zero attached hydrogens (tertiary/aromatic N) is 2. The van der Waals surface area contributed by atoms with Crippen molar-refractivity contribution in [3.63, 3.8) is 0 Å². The van der Waals surface area contributed by atoms with E-state index >= 15 is 0 Å². The van der Waals surface area contributed by atoms with Gasteiger partial charge in [0.05, 0.1) is 10.7 Å². The van der Waals surface area contributed by atoms with Crippen LogP contribution in [0.25, 0.3) is 0 Å². The van der Waals surface area contributed by atoms with Gasteiger partial charge in [-0.2, -0.15) is 5.10 Å². The number of hydrogen-bond acceptors (Lipinski definition) is 2. The molecule has 0 atom stereocenters. The average Bonchev–Trinajstić information content (AvgIpc) is 2.74. The van der Waals surface area contributed by atoms with Crippen LogP contribution in [0.15, 0.2) is 42.7 Å². The van der Waals surface area contributed by atoms with E-state index in [9.17, 15) is 0 Å². The van der Waals surface area contributed by atoms with Crippen LogP contribution in [0.2, 0.25) is 5.02 Å². The molecular formula is C10H8ClN3S. The molecule has 0 unspecified atom stereocenters. The van der Waals surface area contributed by atoms with Crippen LogP contribution >= 0.6 is 23.8 Å². The summed E-state index contributed by atoms with van der Waals surface area (Å²) in [6.07, 6.45) is 3.44. The minimum atomic E-state index is 0.494. The molecule has 1 heterocycles. The lowest BCUT2D eigenvalue weighted by Crippen LogP contribution is -2.19. The zero-order chi connectivity index (χ0) is 10.7. The molecule has 3 nitrogen and oxygen atoms in total. The van der Waals surface area contributed by atoms with Gasteiger partial charge in [-0.3, -0.25) is 0 Å². The first-order chi connectivity index (χ1) is 7.27. The minimum absolute atomic E-state index is 0.494. The molecule has 0 bridgehead atoms. The summed E-state index contributed by atoms with van der Waals surface area (Å²) in [6.45, 7) is 0. The van der Waals surface area contributed by atoms with Crippen LogP contribution in [-0.4, -0.2) is 14.9 Å².